The van der Waals surface area contributed by atoms with Crippen LogP contribution in [0.25, 0.3) is 0 Å². The number of ether oxygens (including phenoxy) is 2. The summed E-state index contributed by atoms with van der Waals surface area (Å²) in [5.41, 5.74) is 2.71. The minimum Gasteiger partial charge on any atom is -0.493 e. The molecular formula is C24H20BrN3O5. The highest BCUT2D eigenvalue weighted by Crippen LogP contribution is 2.38. The third-order valence-electron chi connectivity index (χ3n) is 5.41. The van der Waals surface area contributed by atoms with Crippen LogP contribution < -0.4 is 9.47 Å². The van der Waals surface area contributed by atoms with Crippen LogP contribution in [-0.4, -0.2) is 35.8 Å². The second-order valence-corrected chi connectivity index (χ2v) is 8.26. The number of benzene rings is 3. The van der Waals surface area contributed by atoms with Crippen LogP contribution in [0.5, 0.6) is 11.5 Å². The first-order valence-electron chi connectivity index (χ1n) is 10.0. The Morgan fingerprint density at radius 2 is 1.70 bits per heavy atom. The second kappa shape index (κ2) is 9.41. The number of halogens is 1. The lowest BCUT2D eigenvalue weighted by Crippen LogP contribution is -2.27. The number of nitro benzene ring substituents is 1. The Morgan fingerprint density at radius 1 is 1.03 bits per heavy atom. The lowest BCUT2D eigenvalue weighted by atomic mass is 9.97. The molecule has 8 nitrogen and oxygen atoms in total. The predicted octanol–water partition coefficient (Wildman–Crippen LogP) is 5.37. The molecule has 0 saturated heterocycles. The van der Waals surface area contributed by atoms with Gasteiger partial charge in [0.1, 0.15) is 0 Å². The zero-order chi connectivity index (χ0) is 23.5. The fraction of sp³-hybridized carbons (Fsp3) is 0.167. The molecule has 0 N–H and O–H groups in total. The van der Waals surface area contributed by atoms with Crippen molar-refractivity contribution in [3.05, 3.63) is 98.0 Å². The molecule has 1 heterocycles. The largest absolute Gasteiger partial charge is 0.493 e. The molecule has 9 heteroatoms. The Balaban J connectivity index is 1.73. The van der Waals surface area contributed by atoms with Crippen molar-refractivity contribution in [3.8, 4) is 11.5 Å². The average molecular weight is 510 g/mol. The Hall–Kier alpha value is -3.72. The molecule has 1 aliphatic heterocycles. The number of carbonyl (C=O) groups is 1. The maximum atomic E-state index is 13.4. The maximum Gasteiger partial charge on any atom is 0.274 e. The molecule has 0 saturated carbocycles. The SMILES string of the molecule is COc1ccc(C2CC(c3ccc([N+](=O)[O-])cc3)=NN2C(=O)c2ccc(Br)cc2)cc1OC. The van der Waals surface area contributed by atoms with E-state index < -0.39 is 4.92 Å². The molecular weight excluding hydrogens is 490 g/mol. The van der Waals surface area contributed by atoms with Gasteiger partial charge < -0.3 is 9.47 Å². The first kappa shape index (κ1) is 22.5. The zero-order valence-corrected chi connectivity index (χ0v) is 19.5. The van der Waals surface area contributed by atoms with E-state index >= 15 is 0 Å². The van der Waals surface area contributed by atoms with E-state index in [-0.39, 0.29) is 17.6 Å². The molecule has 168 valence electrons. The number of nitro groups is 1. The number of methoxy groups -OCH3 is 2. The Labute approximate surface area is 198 Å². The van der Waals surface area contributed by atoms with Gasteiger partial charge in [-0.15, -0.1) is 0 Å². The summed E-state index contributed by atoms with van der Waals surface area (Å²) in [5.74, 6) is 0.885. The summed E-state index contributed by atoms with van der Waals surface area (Å²) in [7, 11) is 3.12. The topological polar surface area (TPSA) is 94.3 Å². The van der Waals surface area contributed by atoms with Gasteiger partial charge in [-0.05, 0) is 59.7 Å². The highest BCUT2D eigenvalue weighted by atomic mass is 79.9. The van der Waals surface area contributed by atoms with Crippen molar-refractivity contribution in [2.75, 3.05) is 14.2 Å². The van der Waals surface area contributed by atoms with Gasteiger partial charge in [-0.1, -0.05) is 22.0 Å². The van der Waals surface area contributed by atoms with Gasteiger partial charge >= 0.3 is 0 Å². The van der Waals surface area contributed by atoms with E-state index in [1.807, 2.05) is 12.1 Å². The van der Waals surface area contributed by atoms with Crippen LogP contribution in [0.3, 0.4) is 0 Å². The Morgan fingerprint density at radius 3 is 2.30 bits per heavy atom. The van der Waals surface area contributed by atoms with Crippen LogP contribution in [-0.2, 0) is 0 Å². The molecule has 0 aliphatic carbocycles. The zero-order valence-electron chi connectivity index (χ0n) is 17.9. The lowest BCUT2D eigenvalue weighted by Gasteiger charge is -2.23. The lowest BCUT2D eigenvalue weighted by molar-refractivity contribution is -0.384. The van der Waals surface area contributed by atoms with Gasteiger partial charge in [-0.25, -0.2) is 5.01 Å². The van der Waals surface area contributed by atoms with Crippen molar-refractivity contribution >= 4 is 33.2 Å². The summed E-state index contributed by atoms with van der Waals surface area (Å²) < 4.78 is 11.6. The van der Waals surface area contributed by atoms with Crippen LogP contribution >= 0.6 is 15.9 Å². The van der Waals surface area contributed by atoms with Gasteiger partial charge in [0.15, 0.2) is 11.5 Å². The van der Waals surface area contributed by atoms with Gasteiger partial charge in [-0.3, -0.25) is 14.9 Å². The quantitative estimate of drug-likeness (QED) is 0.329. The molecule has 3 aromatic carbocycles. The Kier molecular flexibility index (Phi) is 6.41. The third kappa shape index (κ3) is 4.58. The fourth-order valence-electron chi connectivity index (χ4n) is 3.69. The molecule has 1 unspecified atom stereocenters. The number of amides is 1. The van der Waals surface area contributed by atoms with E-state index in [0.29, 0.717) is 29.2 Å². The van der Waals surface area contributed by atoms with Crippen molar-refractivity contribution in [2.45, 2.75) is 12.5 Å². The summed E-state index contributed by atoms with van der Waals surface area (Å²) in [6.07, 6.45) is 0.440. The molecule has 0 aromatic heterocycles. The molecule has 1 aliphatic rings. The van der Waals surface area contributed by atoms with Gasteiger partial charge in [0.2, 0.25) is 0 Å². The summed E-state index contributed by atoms with van der Waals surface area (Å²) in [5, 5.41) is 17.1. The predicted molar refractivity (Wildman–Crippen MR) is 127 cm³/mol. The monoisotopic (exact) mass is 509 g/mol. The van der Waals surface area contributed by atoms with Gasteiger partial charge in [0, 0.05) is 28.6 Å². The van der Waals surface area contributed by atoms with Crippen LogP contribution in [0.4, 0.5) is 5.69 Å². The molecule has 0 bridgehead atoms. The van der Waals surface area contributed by atoms with Crippen molar-refractivity contribution in [1.82, 2.24) is 5.01 Å². The van der Waals surface area contributed by atoms with Crippen LogP contribution in [0.15, 0.2) is 76.3 Å². The summed E-state index contributed by atoms with van der Waals surface area (Å²) >= 11 is 3.39. The minimum absolute atomic E-state index is 0.00316. The number of hydrogen-bond donors (Lipinski definition) is 0. The fourth-order valence-corrected chi connectivity index (χ4v) is 3.96. The van der Waals surface area contributed by atoms with E-state index in [0.717, 1.165) is 15.6 Å². The first-order valence-corrected chi connectivity index (χ1v) is 10.8. The molecule has 0 fully saturated rings. The molecule has 33 heavy (non-hydrogen) atoms. The third-order valence-corrected chi connectivity index (χ3v) is 5.94. The highest BCUT2D eigenvalue weighted by molar-refractivity contribution is 9.10. The average Bonchev–Trinajstić information content (AvgIpc) is 3.29. The molecule has 1 atom stereocenters. The summed E-state index contributed by atoms with van der Waals surface area (Å²) in [6.45, 7) is 0. The molecule has 4 rings (SSSR count). The molecule has 0 radical (unpaired) electrons. The van der Waals surface area contributed by atoms with Crippen molar-refractivity contribution in [2.24, 2.45) is 5.10 Å². The number of non-ortho nitro benzene ring substituents is 1. The van der Waals surface area contributed by atoms with E-state index in [4.69, 9.17) is 9.47 Å². The van der Waals surface area contributed by atoms with Gasteiger partial charge in [0.05, 0.1) is 30.9 Å². The summed E-state index contributed by atoms with van der Waals surface area (Å²) in [6, 6.07) is 18.4. The van der Waals surface area contributed by atoms with Gasteiger partial charge in [-0.2, -0.15) is 5.10 Å². The second-order valence-electron chi connectivity index (χ2n) is 7.34. The van der Waals surface area contributed by atoms with Gasteiger partial charge in [0.25, 0.3) is 11.6 Å². The maximum absolute atomic E-state index is 13.4. The minimum atomic E-state index is -0.448. The van der Waals surface area contributed by atoms with Crippen molar-refractivity contribution in [1.29, 1.82) is 0 Å². The summed E-state index contributed by atoms with van der Waals surface area (Å²) in [4.78, 5) is 24.0. The number of rotatable bonds is 6. The molecule has 3 aromatic rings. The normalized spacial score (nSPS) is 15.2. The Bertz CT molecular complexity index is 1230. The molecule has 1 amide bonds. The number of carbonyl (C=O) groups excluding carboxylic acids is 1. The standard InChI is InChI=1S/C24H20BrN3O5/c1-32-22-12-7-17(13-23(22)33-2)21-14-20(15-5-10-19(11-6-15)28(30)31)26-27(21)24(29)16-3-8-18(25)9-4-16/h3-13,21H,14H2,1-2H3. The number of hydrazone groups is 1. The highest BCUT2D eigenvalue weighted by Gasteiger charge is 2.34. The van der Waals surface area contributed by atoms with Crippen LogP contribution in [0.2, 0.25) is 0 Å². The first-order chi connectivity index (χ1) is 15.9. The smallest absolute Gasteiger partial charge is 0.274 e. The van der Waals surface area contributed by atoms with Crippen LogP contribution in [0, 0.1) is 10.1 Å². The number of nitrogens with zero attached hydrogens (tertiary/aromatic N) is 3. The van der Waals surface area contributed by atoms with E-state index in [1.54, 1.807) is 56.7 Å². The van der Waals surface area contributed by atoms with Crippen molar-refractivity contribution in [3.63, 3.8) is 0 Å². The number of hydrogen-bond acceptors (Lipinski definition) is 6. The van der Waals surface area contributed by atoms with E-state index in [1.165, 1.54) is 17.1 Å². The van der Waals surface area contributed by atoms with E-state index in [9.17, 15) is 14.9 Å². The van der Waals surface area contributed by atoms with Crippen LogP contribution in [0.1, 0.15) is 33.9 Å². The van der Waals surface area contributed by atoms with Crippen molar-refractivity contribution < 1.29 is 19.2 Å². The molecule has 0 spiro atoms. The van der Waals surface area contributed by atoms with E-state index in [2.05, 4.69) is 21.0 Å².